The minimum absolute atomic E-state index is 0.0759. The van der Waals surface area contributed by atoms with Gasteiger partial charge in [-0.15, -0.1) is 0 Å². The molecule has 1 aromatic carbocycles. The predicted octanol–water partition coefficient (Wildman–Crippen LogP) is 4.97. The number of carbonyl (C=O) groups is 1. The molecule has 0 spiro atoms. The van der Waals surface area contributed by atoms with Gasteiger partial charge in [0.1, 0.15) is 5.78 Å². The number of methoxy groups -OCH3 is 1. The number of halogens is 4. The van der Waals surface area contributed by atoms with Gasteiger partial charge in [-0.25, -0.2) is 9.98 Å². The van der Waals surface area contributed by atoms with Crippen LogP contribution in [0, 0.1) is 0 Å². The lowest BCUT2D eigenvalue weighted by molar-refractivity contribution is -0.141. The molecule has 3 rings (SSSR count). The van der Waals surface area contributed by atoms with E-state index in [0.29, 0.717) is 10.6 Å². The number of pyridine rings is 1. The number of fused-ring (bicyclic) bond motifs is 1. The summed E-state index contributed by atoms with van der Waals surface area (Å²) in [4.78, 5) is 20.1. The molecule has 148 valence electrons. The summed E-state index contributed by atoms with van der Waals surface area (Å²) in [7, 11) is 1.27. The van der Waals surface area contributed by atoms with Crippen LogP contribution < -0.4 is 0 Å². The zero-order valence-electron chi connectivity index (χ0n) is 15.3. The van der Waals surface area contributed by atoms with Crippen molar-refractivity contribution in [3.05, 3.63) is 63.4 Å². The van der Waals surface area contributed by atoms with Gasteiger partial charge < -0.3 is 4.74 Å². The van der Waals surface area contributed by atoms with Crippen molar-refractivity contribution >= 4 is 23.3 Å². The number of rotatable bonds is 5. The number of ether oxygens (including phenoxy) is 1. The van der Waals surface area contributed by atoms with Crippen LogP contribution in [0.3, 0.4) is 0 Å². The van der Waals surface area contributed by atoms with Gasteiger partial charge in [-0.1, -0.05) is 30.7 Å². The van der Waals surface area contributed by atoms with E-state index in [9.17, 15) is 18.0 Å². The normalized spacial score (nSPS) is 14.4. The molecule has 0 aliphatic carbocycles. The lowest BCUT2D eigenvalue weighted by Gasteiger charge is -2.15. The Morgan fingerprint density at radius 3 is 2.57 bits per heavy atom. The van der Waals surface area contributed by atoms with E-state index in [1.165, 1.54) is 13.2 Å². The van der Waals surface area contributed by atoms with E-state index < -0.39 is 11.9 Å². The fraction of sp³-hybridized carbons (Fsp3) is 0.350. The molecule has 0 saturated heterocycles. The van der Waals surface area contributed by atoms with Crippen molar-refractivity contribution in [1.82, 2.24) is 4.98 Å². The summed E-state index contributed by atoms with van der Waals surface area (Å²) >= 11 is 5.86. The van der Waals surface area contributed by atoms with Crippen LogP contribution in [0.5, 0.6) is 0 Å². The van der Waals surface area contributed by atoms with Crippen LogP contribution in [-0.4, -0.2) is 23.8 Å². The highest BCUT2D eigenvalue weighted by atomic mass is 35.5. The number of alkyl halides is 3. The maximum Gasteiger partial charge on any atom is 0.434 e. The van der Waals surface area contributed by atoms with Crippen molar-refractivity contribution < 1.29 is 22.7 Å². The van der Waals surface area contributed by atoms with Gasteiger partial charge in [0.15, 0.2) is 5.69 Å². The van der Waals surface area contributed by atoms with E-state index >= 15 is 0 Å². The summed E-state index contributed by atoms with van der Waals surface area (Å²) < 4.78 is 45.3. The molecule has 0 N–H and O–H groups in total. The summed E-state index contributed by atoms with van der Waals surface area (Å²) in [5, 5.41) is 0.599. The average molecular weight is 411 g/mol. The third-order valence-electron chi connectivity index (χ3n) is 4.57. The number of Topliss-reactive ketones (excluding diaryl/α,β-unsaturated/α-hetero) is 1. The average Bonchev–Trinajstić information content (AvgIpc) is 3.03. The Morgan fingerprint density at radius 2 is 1.96 bits per heavy atom. The largest absolute Gasteiger partial charge is 0.481 e. The summed E-state index contributed by atoms with van der Waals surface area (Å²) in [5.74, 6) is -0.345. The summed E-state index contributed by atoms with van der Waals surface area (Å²) in [6.07, 6.45) is -4.64. The zero-order chi connectivity index (χ0) is 20.5. The predicted molar refractivity (Wildman–Crippen MR) is 99.7 cm³/mol. The lowest BCUT2D eigenvalue weighted by Crippen LogP contribution is -2.19. The fourth-order valence-electron chi connectivity index (χ4n) is 3.24. The molecule has 0 fully saturated rings. The van der Waals surface area contributed by atoms with Crippen molar-refractivity contribution in [2.75, 3.05) is 7.11 Å². The molecule has 0 unspecified atom stereocenters. The maximum absolute atomic E-state index is 13.5. The molecule has 1 aliphatic rings. The van der Waals surface area contributed by atoms with Gasteiger partial charge in [-0.3, -0.25) is 4.79 Å². The second kappa shape index (κ2) is 7.91. The van der Waals surface area contributed by atoms with E-state index in [4.69, 9.17) is 16.3 Å². The molecule has 2 heterocycles. The van der Waals surface area contributed by atoms with Crippen molar-refractivity contribution in [3.63, 3.8) is 0 Å². The second-order valence-electron chi connectivity index (χ2n) is 6.69. The van der Waals surface area contributed by atoms with Gasteiger partial charge in [-0.2, -0.15) is 13.2 Å². The zero-order valence-corrected chi connectivity index (χ0v) is 16.1. The third kappa shape index (κ3) is 4.35. The molecule has 28 heavy (non-hydrogen) atoms. The highest BCUT2D eigenvalue weighted by molar-refractivity contribution is 6.30. The topological polar surface area (TPSA) is 51.5 Å². The highest BCUT2D eigenvalue weighted by Gasteiger charge is 2.40. The number of nitrogens with zero attached hydrogens (tertiary/aromatic N) is 2. The van der Waals surface area contributed by atoms with Gasteiger partial charge in [0.2, 0.25) is 5.90 Å². The Bertz CT molecular complexity index is 924. The van der Waals surface area contributed by atoms with Crippen LogP contribution in [0.15, 0.2) is 35.3 Å². The Balaban J connectivity index is 1.79. The Morgan fingerprint density at radius 1 is 1.29 bits per heavy atom. The number of benzene rings is 1. The number of carbonyl (C=O) groups excluding carboxylic acids is 1. The monoisotopic (exact) mass is 410 g/mol. The molecule has 1 atom stereocenters. The first-order valence-corrected chi connectivity index (χ1v) is 9.02. The van der Waals surface area contributed by atoms with E-state index in [1.54, 1.807) is 12.1 Å². The minimum Gasteiger partial charge on any atom is -0.481 e. The minimum atomic E-state index is -4.66. The van der Waals surface area contributed by atoms with E-state index in [-0.39, 0.29) is 48.2 Å². The molecule has 1 aromatic heterocycles. The molecule has 8 heteroatoms. The SMILES string of the molecule is COC1=NCc2cc(CC(=O)C[C@H](C)c3ccc(Cl)cc3)nc(C(F)(F)F)c21. The molecule has 2 aromatic rings. The number of aliphatic imine (C=N–C) groups is 1. The van der Waals surface area contributed by atoms with Crippen LogP contribution in [0.4, 0.5) is 13.2 Å². The first kappa shape index (κ1) is 20.3. The van der Waals surface area contributed by atoms with Crippen LogP contribution in [0.25, 0.3) is 0 Å². The van der Waals surface area contributed by atoms with Gasteiger partial charge in [0.05, 0.1) is 19.2 Å². The molecule has 0 bridgehead atoms. The van der Waals surface area contributed by atoms with Crippen LogP contribution in [0.1, 0.15) is 47.3 Å². The van der Waals surface area contributed by atoms with Crippen LogP contribution >= 0.6 is 11.6 Å². The van der Waals surface area contributed by atoms with Crippen molar-refractivity contribution in [1.29, 1.82) is 0 Å². The van der Waals surface area contributed by atoms with Gasteiger partial charge in [0.25, 0.3) is 0 Å². The molecule has 1 aliphatic heterocycles. The fourth-order valence-corrected chi connectivity index (χ4v) is 3.37. The first-order chi connectivity index (χ1) is 13.2. The summed E-state index contributed by atoms with van der Waals surface area (Å²) in [6, 6.07) is 8.65. The number of aromatic nitrogens is 1. The first-order valence-electron chi connectivity index (χ1n) is 8.65. The Hall–Kier alpha value is -2.41. The van der Waals surface area contributed by atoms with Crippen molar-refractivity contribution in [3.8, 4) is 0 Å². The van der Waals surface area contributed by atoms with Crippen molar-refractivity contribution in [2.24, 2.45) is 4.99 Å². The Kier molecular flexibility index (Phi) is 5.74. The number of hydrogen-bond acceptors (Lipinski definition) is 4. The van der Waals surface area contributed by atoms with Gasteiger partial charge >= 0.3 is 6.18 Å². The number of hydrogen-bond donors (Lipinski definition) is 0. The second-order valence-corrected chi connectivity index (χ2v) is 7.13. The maximum atomic E-state index is 13.5. The molecule has 0 radical (unpaired) electrons. The lowest BCUT2D eigenvalue weighted by atomic mass is 9.94. The number of ketones is 1. The van der Waals surface area contributed by atoms with Gasteiger partial charge in [0, 0.05) is 23.6 Å². The Labute approximate surface area is 165 Å². The molecule has 0 amide bonds. The quantitative estimate of drug-likeness (QED) is 0.699. The molecule has 0 saturated carbocycles. The standard InChI is InChI=1S/C20H18ClF3N2O2/c1-11(12-3-5-14(21)6-4-12)7-16(27)9-15-8-13-10-25-19(28-2)17(13)18(26-15)20(22,23)24/h3-6,8,11H,7,9-10H2,1-2H3/t11-/m0/s1. The molecule has 4 nitrogen and oxygen atoms in total. The molecular weight excluding hydrogens is 393 g/mol. The van der Waals surface area contributed by atoms with Gasteiger partial charge in [-0.05, 0) is 35.2 Å². The van der Waals surface area contributed by atoms with E-state index in [0.717, 1.165) is 5.56 Å². The van der Waals surface area contributed by atoms with Crippen LogP contribution in [-0.2, 0) is 28.7 Å². The van der Waals surface area contributed by atoms with Crippen LogP contribution in [0.2, 0.25) is 5.02 Å². The highest BCUT2D eigenvalue weighted by Crippen LogP contribution is 2.35. The summed E-state index contributed by atoms with van der Waals surface area (Å²) in [6.45, 7) is 1.96. The summed E-state index contributed by atoms with van der Waals surface area (Å²) in [5.41, 5.74) is 0.200. The molecular formula is C20H18ClF3N2O2. The van der Waals surface area contributed by atoms with Crippen molar-refractivity contribution in [2.45, 2.75) is 38.4 Å². The van der Waals surface area contributed by atoms with E-state index in [2.05, 4.69) is 9.98 Å². The smallest absolute Gasteiger partial charge is 0.434 e. The van der Waals surface area contributed by atoms with E-state index in [1.807, 2.05) is 19.1 Å². The third-order valence-corrected chi connectivity index (χ3v) is 4.83.